The average molecular weight is 761 g/mol. The van der Waals surface area contributed by atoms with Crippen LogP contribution in [0, 0.1) is 13.8 Å². The molecule has 5 amide bonds. The number of aromatic nitrogens is 2. The SMILES string of the molecule is CCOC1C(=O)N(C(C(=O)Nc2cc(NC(=O)C(CC)Oc3ccc(C)cc3C)ccc2OC)c2nc(=O)c3ccccc3n2C)C(=O)N1Cc1ccccc1. The van der Waals surface area contributed by atoms with Crippen LogP contribution in [0.4, 0.5) is 16.2 Å². The number of ether oxygens (including phenoxy) is 3. The summed E-state index contributed by atoms with van der Waals surface area (Å²) in [4.78, 5) is 76.5. The van der Waals surface area contributed by atoms with Crippen LogP contribution in [-0.2, 0) is 32.7 Å². The molecule has 0 radical (unpaired) electrons. The molecule has 1 aliphatic rings. The number of benzene rings is 4. The van der Waals surface area contributed by atoms with Crippen LogP contribution in [0.25, 0.3) is 10.9 Å². The lowest BCUT2D eigenvalue weighted by Gasteiger charge is -2.27. The number of hydrogen-bond donors (Lipinski definition) is 2. The predicted octanol–water partition coefficient (Wildman–Crippen LogP) is 5.86. The number of aryl methyl sites for hydroxylation is 3. The molecule has 2 heterocycles. The topological polar surface area (TPSA) is 161 Å². The summed E-state index contributed by atoms with van der Waals surface area (Å²) in [5.74, 6) is -1.47. The first-order valence-corrected chi connectivity index (χ1v) is 18.2. The molecule has 0 spiro atoms. The van der Waals surface area contributed by atoms with Gasteiger partial charge in [-0.25, -0.2) is 9.69 Å². The van der Waals surface area contributed by atoms with Crippen molar-refractivity contribution in [2.75, 3.05) is 24.4 Å². The van der Waals surface area contributed by atoms with Crippen molar-refractivity contribution in [1.82, 2.24) is 19.4 Å². The molecule has 0 bridgehead atoms. The number of carbonyl (C=O) groups is 4. The summed E-state index contributed by atoms with van der Waals surface area (Å²) in [6.45, 7) is 7.51. The van der Waals surface area contributed by atoms with Gasteiger partial charge >= 0.3 is 6.03 Å². The molecule has 290 valence electrons. The molecule has 5 aromatic rings. The number of urea groups is 1. The molecule has 0 aliphatic carbocycles. The molecular formula is C42H44N6O8. The van der Waals surface area contributed by atoms with Gasteiger partial charge in [-0.15, -0.1) is 0 Å². The second kappa shape index (κ2) is 16.9. The Morgan fingerprint density at radius 1 is 0.857 bits per heavy atom. The van der Waals surface area contributed by atoms with Gasteiger partial charge in [0.05, 0.1) is 30.2 Å². The van der Waals surface area contributed by atoms with E-state index < -0.39 is 47.7 Å². The zero-order valence-electron chi connectivity index (χ0n) is 32.1. The minimum Gasteiger partial charge on any atom is -0.495 e. The summed E-state index contributed by atoms with van der Waals surface area (Å²) in [6.07, 6.45) is -1.81. The highest BCUT2D eigenvalue weighted by molar-refractivity contribution is 6.09. The van der Waals surface area contributed by atoms with E-state index in [2.05, 4.69) is 15.6 Å². The van der Waals surface area contributed by atoms with Crippen LogP contribution in [0.1, 0.15) is 48.8 Å². The third-order valence-electron chi connectivity index (χ3n) is 9.50. The summed E-state index contributed by atoms with van der Waals surface area (Å²) in [5.41, 5.74) is 2.88. The van der Waals surface area contributed by atoms with E-state index >= 15 is 0 Å². The van der Waals surface area contributed by atoms with E-state index in [1.54, 1.807) is 74.6 Å². The van der Waals surface area contributed by atoms with Crippen LogP contribution < -0.4 is 25.7 Å². The Hall–Kier alpha value is -6.54. The number of para-hydroxylation sites is 1. The molecule has 1 saturated heterocycles. The third kappa shape index (κ3) is 7.96. The fourth-order valence-electron chi connectivity index (χ4n) is 6.69. The minimum atomic E-state index is -1.75. The van der Waals surface area contributed by atoms with E-state index in [9.17, 15) is 24.0 Å². The van der Waals surface area contributed by atoms with Crippen molar-refractivity contribution < 1.29 is 33.4 Å². The van der Waals surface area contributed by atoms with Crippen LogP contribution in [0.5, 0.6) is 11.5 Å². The van der Waals surface area contributed by atoms with Gasteiger partial charge in [-0.3, -0.25) is 24.1 Å². The van der Waals surface area contributed by atoms with Crippen molar-refractivity contribution in [1.29, 1.82) is 0 Å². The predicted molar refractivity (Wildman–Crippen MR) is 210 cm³/mol. The van der Waals surface area contributed by atoms with Crippen molar-refractivity contribution in [2.24, 2.45) is 7.05 Å². The average Bonchev–Trinajstić information content (AvgIpc) is 3.40. The van der Waals surface area contributed by atoms with Crippen molar-refractivity contribution in [3.8, 4) is 11.5 Å². The van der Waals surface area contributed by atoms with Crippen LogP contribution in [0.2, 0.25) is 0 Å². The first-order chi connectivity index (χ1) is 26.9. The van der Waals surface area contributed by atoms with Gasteiger partial charge in [-0.1, -0.05) is 67.1 Å². The smallest absolute Gasteiger partial charge is 0.330 e. The maximum atomic E-state index is 14.7. The number of fused-ring (bicyclic) bond motifs is 1. The number of nitrogens with one attached hydrogen (secondary N) is 2. The first-order valence-electron chi connectivity index (χ1n) is 18.2. The van der Waals surface area contributed by atoms with Gasteiger partial charge in [0.1, 0.15) is 17.3 Å². The first kappa shape index (κ1) is 39.2. The summed E-state index contributed by atoms with van der Waals surface area (Å²) in [5, 5.41) is 5.92. The van der Waals surface area contributed by atoms with E-state index in [1.165, 1.54) is 22.6 Å². The Labute approximate surface area is 324 Å². The number of nitrogens with zero attached hydrogens (tertiary/aromatic N) is 4. The largest absolute Gasteiger partial charge is 0.495 e. The van der Waals surface area contributed by atoms with E-state index in [0.717, 1.165) is 21.6 Å². The van der Waals surface area contributed by atoms with Crippen molar-refractivity contribution >= 4 is 46.0 Å². The summed E-state index contributed by atoms with van der Waals surface area (Å²) >= 11 is 0. The van der Waals surface area contributed by atoms with E-state index in [4.69, 9.17) is 14.2 Å². The van der Waals surface area contributed by atoms with Gasteiger partial charge in [-0.05, 0) is 74.7 Å². The lowest BCUT2D eigenvalue weighted by atomic mass is 10.1. The second-order valence-electron chi connectivity index (χ2n) is 13.3. The normalized spacial score (nSPS) is 15.1. The minimum absolute atomic E-state index is 0.00646. The Balaban J connectivity index is 1.37. The third-order valence-corrected chi connectivity index (χ3v) is 9.50. The standard InChI is InChI=1S/C42H44N6O8/c1-7-32(56-33-20-18-25(3)22-26(33)4)38(50)43-28-19-21-34(54-6)30(23-28)44-39(51)35(36-45-37(49)29-16-12-13-17-31(29)46(36)5)48-40(52)41(55-8-2)47(42(48)53)24-27-14-10-9-11-15-27/h9-23,32,35,41H,7-8,24H2,1-6H3,(H,43,50)(H,44,51). The molecule has 0 saturated carbocycles. The Kier molecular flexibility index (Phi) is 11.8. The van der Waals surface area contributed by atoms with Gasteiger partial charge in [0, 0.05) is 19.3 Å². The molecule has 2 N–H and O–H groups in total. The highest BCUT2D eigenvalue weighted by atomic mass is 16.5. The fourth-order valence-corrected chi connectivity index (χ4v) is 6.69. The zero-order valence-corrected chi connectivity index (χ0v) is 32.1. The van der Waals surface area contributed by atoms with Gasteiger partial charge in [0.25, 0.3) is 23.3 Å². The van der Waals surface area contributed by atoms with E-state index in [1.807, 2.05) is 45.0 Å². The number of carbonyl (C=O) groups excluding carboxylic acids is 4. The molecule has 3 atom stereocenters. The molecule has 1 fully saturated rings. The Bertz CT molecular complexity index is 2350. The van der Waals surface area contributed by atoms with Crippen LogP contribution in [0.3, 0.4) is 0 Å². The van der Waals surface area contributed by atoms with E-state index in [0.29, 0.717) is 23.4 Å². The maximum Gasteiger partial charge on any atom is 0.330 e. The van der Waals surface area contributed by atoms with Crippen LogP contribution >= 0.6 is 0 Å². The van der Waals surface area contributed by atoms with Crippen LogP contribution in [-0.4, -0.2) is 69.2 Å². The van der Waals surface area contributed by atoms with Gasteiger partial charge in [0.15, 0.2) is 12.1 Å². The summed E-state index contributed by atoms with van der Waals surface area (Å²) in [6, 6.07) is 23.5. The zero-order chi connectivity index (χ0) is 40.1. The van der Waals surface area contributed by atoms with Gasteiger partial charge in [-0.2, -0.15) is 4.98 Å². The fraction of sp³-hybridized carbons (Fsp3) is 0.286. The lowest BCUT2D eigenvalue weighted by Crippen LogP contribution is -2.44. The number of rotatable bonds is 14. The van der Waals surface area contributed by atoms with Crippen molar-refractivity contribution in [3.05, 3.63) is 124 Å². The van der Waals surface area contributed by atoms with E-state index in [-0.39, 0.29) is 35.8 Å². The van der Waals surface area contributed by atoms with Gasteiger partial charge in [0.2, 0.25) is 6.23 Å². The molecule has 14 nitrogen and oxygen atoms in total. The molecule has 1 aliphatic heterocycles. The molecule has 3 unspecified atom stereocenters. The van der Waals surface area contributed by atoms with Crippen LogP contribution in [0.15, 0.2) is 95.8 Å². The number of imide groups is 1. The Morgan fingerprint density at radius 2 is 1.57 bits per heavy atom. The summed E-state index contributed by atoms with van der Waals surface area (Å²) < 4.78 is 18.9. The summed E-state index contributed by atoms with van der Waals surface area (Å²) in [7, 11) is 3.00. The molecular weight excluding hydrogens is 716 g/mol. The number of amides is 5. The quantitative estimate of drug-likeness (QED) is 0.132. The number of anilines is 2. The van der Waals surface area contributed by atoms with Crippen molar-refractivity contribution in [3.63, 3.8) is 0 Å². The molecule has 6 rings (SSSR count). The maximum absolute atomic E-state index is 14.7. The lowest BCUT2D eigenvalue weighted by molar-refractivity contribution is -0.145. The van der Waals surface area contributed by atoms with Gasteiger partial charge < -0.3 is 29.4 Å². The van der Waals surface area contributed by atoms with Crippen molar-refractivity contribution in [2.45, 2.75) is 59.0 Å². The Morgan fingerprint density at radius 3 is 2.27 bits per heavy atom. The molecule has 1 aromatic heterocycles. The second-order valence-corrected chi connectivity index (χ2v) is 13.3. The number of methoxy groups -OCH3 is 1. The monoisotopic (exact) mass is 760 g/mol. The highest BCUT2D eigenvalue weighted by Gasteiger charge is 2.52. The number of hydrogen-bond acceptors (Lipinski definition) is 9. The molecule has 4 aromatic carbocycles. The highest BCUT2D eigenvalue weighted by Crippen LogP contribution is 2.34. The molecule has 14 heteroatoms. The molecule has 56 heavy (non-hydrogen) atoms.